The molecule has 0 N–H and O–H groups in total. The summed E-state index contributed by atoms with van der Waals surface area (Å²) >= 11 is 5.32. The van der Waals surface area contributed by atoms with E-state index in [0.29, 0.717) is 0 Å². The summed E-state index contributed by atoms with van der Waals surface area (Å²) in [6.45, 7) is 3.04. The van der Waals surface area contributed by atoms with Crippen molar-refractivity contribution in [1.29, 1.82) is 5.26 Å². The highest BCUT2D eigenvalue weighted by atomic mass is 79.9. The van der Waals surface area contributed by atoms with Crippen LogP contribution in [0.1, 0.15) is 17.7 Å². The van der Waals surface area contributed by atoms with E-state index in [1.54, 1.807) is 11.3 Å². The van der Waals surface area contributed by atoms with E-state index in [-0.39, 0.29) is 5.92 Å². The highest BCUT2D eigenvalue weighted by molar-refractivity contribution is 9.10. The van der Waals surface area contributed by atoms with Crippen molar-refractivity contribution < 1.29 is 0 Å². The van der Waals surface area contributed by atoms with Crippen LogP contribution in [0.15, 0.2) is 15.9 Å². The van der Waals surface area contributed by atoms with Crippen LogP contribution in [0.25, 0.3) is 0 Å². The Hall–Kier alpha value is -0.370. The van der Waals surface area contributed by atoms with Crippen molar-refractivity contribution >= 4 is 27.3 Å². The van der Waals surface area contributed by atoms with Gasteiger partial charge >= 0.3 is 0 Å². The number of nitrogens with zero attached hydrogens (tertiary/aromatic N) is 2. The molecule has 0 aromatic carbocycles. The zero-order valence-electron chi connectivity index (χ0n) is 8.45. The van der Waals surface area contributed by atoms with Gasteiger partial charge in [0.1, 0.15) is 0 Å². The quantitative estimate of drug-likeness (QED) is 0.834. The Morgan fingerprint density at radius 3 is 3.20 bits per heavy atom. The first-order valence-corrected chi connectivity index (χ1v) is 6.80. The molecule has 0 aliphatic carbocycles. The van der Waals surface area contributed by atoms with Gasteiger partial charge < -0.3 is 0 Å². The molecule has 1 aliphatic rings. The molecule has 2 rings (SSSR count). The number of hydrogen-bond donors (Lipinski definition) is 0. The molecular weight excluding hydrogens is 272 g/mol. The SMILES string of the molecule is N#CC1CCCN(Cc2sccc2Br)C1. The maximum atomic E-state index is 8.91. The predicted octanol–water partition coefficient (Wildman–Crippen LogP) is 3.25. The van der Waals surface area contributed by atoms with Crippen LogP contribution in [-0.2, 0) is 6.54 Å². The van der Waals surface area contributed by atoms with Crippen molar-refractivity contribution in [2.24, 2.45) is 5.92 Å². The molecule has 1 fully saturated rings. The summed E-state index contributed by atoms with van der Waals surface area (Å²) in [4.78, 5) is 3.75. The normalized spacial score (nSPS) is 22.5. The van der Waals surface area contributed by atoms with Crippen LogP contribution in [0.5, 0.6) is 0 Å². The molecule has 0 spiro atoms. The fourth-order valence-electron chi connectivity index (χ4n) is 1.95. The van der Waals surface area contributed by atoms with Crippen molar-refractivity contribution in [2.45, 2.75) is 19.4 Å². The average Bonchev–Trinajstić information content (AvgIpc) is 2.65. The lowest BCUT2D eigenvalue weighted by Gasteiger charge is -2.29. The van der Waals surface area contributed by atoms with Gasteiger partial charge in [-0.3, -0.25) is 4.90 Å². The van der Waals surface area contributed by atoms with Crippen molar-refractivity contribution in [2.75, 3.05) is 13.1 Å². The smallest absolute Gasteiger partial charge is 0.0669 e. The molecule has 2 heterocycles. The standard InChI is InChI=1S/C11H13BrN2S/c12-10-3-5-15-11(10)8-14-4-1-2-9(6-13)7-14/h3,5,9H,1-2,4,7-8H2. The molecule has 4 heteroatoms. The van der Waals surface area contributed by atoms with Crippen molar-refractivity contribution in [3.63, 3.8) is 0 Å². The first-order chi connectivity index (χ1) is 7.29. The van der Waals surface area contributed by atoms with Gasteiger partial charge in [0.15, 0.2) is 0 Å². The van der Waals surface area contributed by atoms with Crippen LogP contribution in [0, 0.1) is 17.2 Å². The maximum Gasteiger partial charge on any atom is 0.0669 e. The molecule has 1 saturated heterocycles. The van der Waals surface area contributed by atoms with Crippen molar-refractivity contribution in [3.8, 4) is 6.07 Å². The van der Waals surface area contributed by atoms with E-state index in [4.69, 9.17) is 5.26 Å². The molecule has 0 saturated carbocycles. The van der Waals surface area contributed by atoms with Crippen molar-refractivity contribution in [3.05, 3.63) is 20.8 Å². The van der Waals surface area contributed by atoms with Gasteiger partial charge in [-0.15, -0.1) is 11.3 Å². The average molecular weight is 285 g/mol. The number of likely N-dealkylation sites (tertiary alicyclic amines) is 1. The van der Waals surface area contributed by atoms with E-state index in [1.165, 1.54) is 9.35 Å². The van der Waals surface area contributed by atoms with Gasteiger partial charge in [-0.25, -0.2) is 0 Å². The largest absolute Gasteiger partial charge is 0.297 e. The third-order valence-electron chi connectivity index (χ3n) is 2.75. The maximum absolute atomic E-state index is 8.91. The number of rotatable bonds is 2. The highest BCUT2D eigenvalue weighted by Gasteiger charge is 2.20. The molecule has 1 aliphatic heterocycles. The third-order valence-corrected chi connectivity index (χ3v) is 4.66. The Morgan fingerprint density at radius 2 is 2.53 bits per heavy atom. The summed E-state index contributed by atoms with van der Waals surface area (Å²) in [6, 6.07) is 4.47. The molecule has 1 atom stereocenters. The first kappa shape index (κ1) is 11.1. The van der Waals surface area contributed by atoms with Gasteiger partial charge in [0.05, 0.1) is 12.0 Å². The molecule has 0 radical (unpaired) electrons. The van der Waals surface area contributed by atoms with Crippen LogP contribution in [0.3, 0.4) is 0 Å². The Labute approximate surface area is 103 Å². The van der Waals surface area contributed by atoms with Crippen molar-refractivity contribution in [1.82, 2.24) is 4.90 Å². The van der Waals surface area contributed by atoms with E-state index >= 15 is 0 Å². The summed E-state index contributed by atoms with van der Waals surface area (Å²) in [5.74, 6) is 0.234. The highest BCUT2D eigenvalue weighted by Crippen LogP contribution is 2.26. The minimum atomic E-state index is 0.234. The minimum Gasteiger partial charge on any atom is -0.297 e. The third kappa shape index (κ3) is 2.81. The molecule has 0 bridgehead atoms. The lowest BCUT2D eigenvalue weighted by molar-refractivity contribution is 0.193. The molecular formula is C11H13BrN2S. The lowest BCUT2D eigenvalue weighted by atomic mass is 10.00. The molecule has 0 amide bonds. The second-order valence-electron chi connectivity index (χ2n) is 3.90. The fourth-order valence-corrected chi connectivity index (χ4v) is 3.46. The van der Waals surface area contributed by atoms with Gasteiger partial charge in [0.25, 0.3) is 0 Å². The van der Waals surface area contributed by atoms with Crippen LogP contribution >= 0.6 is 27.3 Å². The van der Waals surface area contributed by atoms with Gasteiger partial charge in [-0.2, -0.15) is 5.26 Å². The van der Waals surface area contributed by atoms with Gasteiger partial charge in [-0.05, 0) is 46.8 Å². The number of nitriles is 1. The summed E-state index contributed by atoms with van der Waals surface area (Å²) in [7, 11) is 0. The zero-order valence-corrected chi connectivity index (χ0v) is 10.9. The van der Waals surface area contributed by atoms with E-state index in [0.717, 1.165) is 32.5 Å². The Balaban J connectivity index is 1.95. The monoisotopic (exact) mass is 284 g/mol. The van der Waals surface area contributed by atoms with Crippen LogP contribution < -0.4 is 0 Å². The molecule has 2 nitrogen and oxygen atoms in total. The minimum absolute atomic E-state index is 0.234. The molecule has 15 heavy (non-hydrogen) atoms. The van der Waals surface area contributed by atoms with E-state index in [9.17, 15) is 0 Å². The van der Waals surface area contributed by atoms with Gasteiger partial charge in [0, 0.05) is 22.4 Å². The van der Waals surface area contributed by atoms with Crippen LogP contribution in [0.2, 0.25) is 0 Å². The summed E-state index contributed by atoms with van der Waals surface area (Å²) < 4.78 is 1.20. The predicted molar refractivity (Wildman–Crippen MR) is 65.6 cm³/mol. The summed E-state index contributed by atoms with van der Waals surface area (Å²) in [6.07, 6.45) is 2.22. The van der Waals surface area contributed by atoms with Crippen LogP contribution in [0.4, 0.5) is 0 Å². The number of halogens is 1. The fraction of sp³-hybridized carbons (Fsp3) is 0.545. The van der Waals surface area contributed by atoms with E-state index in [1.807, 2.05) is 0 Å². The summed E-state index contributed by atoms with van der Waals surface area (Å²) in [5, 5.41) is 11.0. The zero-order chi connectivity index (χ0) is 10.7. The van der Waals surface area contributed by atoms with E-state index < -0.39 is 0 Å². The van der Waals surface area contributed by atoms with Crippen LogP contribution in [-0.4, -0.2) is 18.0 Å². The number of hydrogen-bond acceptors (Lipinski definition) is 3. The molecule has 1 aromatic heterocycles. The lowest BCUT2D eigenvalue weighted by Crippen LogP contribution is -2.34. The van der Waals surface area contributed by atoms with Gasteiger partial charge in [0.2, 0.25) is 0 Å². The Morgan fingerprint density at radius 1 is 1.67 bits per heavy atom. The van der Waals surface area contributed by atoms with Gasteiger partial charge in [-0.1, -0.05) is 0 Å². The topological polar surface area (TPSA) is 27.0 Å². The van der Waals surface area contributed by atoms with E-state index in [2.05, 4.69) is 38.3 Å². The summed E-state index contributed by atoms with van der Waals surface area (Å²) in [5.41, 5.74) is 0. The second-order valence-corrected chi connectivity index (χ2v) is 5.75. The Bertz CT molecular complexity index is 369. The number of piperidine rings is 1. The molecule has 1 unspecified atom stereocenters. The second kappa shape index (κ2) is 5.11. The number of thiophene rings is 1. The first-order valence-electron chi connectivity index (χ1n) is 5.13. The Kier molecular flexibility index (Phi) is 3.79. The molecule has 80 valence electrons. The molecule has 1 aromatic rings.